The van der Waals surface area contributed by atoms with E-state index in [1.165, 1.54) is 32.3 Å². The summed E-state index contributed by atoms with van der Waals surface area (Å²) < 4.78 is 69.3. The van der Waals surface area contributed by atoms with Crippen LogP contribution in [-0.2, 0) is 27.8 Å². The predicted octanol–water partition coefficient (Wildman–Crippen LogP) is 7.68. The molecule has 4 aromatic carbocycles. The molecular formula is C50H52ClFN8O7S. The molecule has 354 valence electrons. The van der Waals surface area contributed by atoms with Crippen LogP contribution in [0.15, 0.2) is 110 Å². The highest BCUT2D eigenvalue weighted by Crippen LogP contribution is 2.44. The maximum Gasteiger partial charge on any atom is 0.274 e. The number of carbonyl (C=O) groups excluding carboxylic acids is 1. The fraction of sp³-hybridized carbons (Fsp3) is 0.300. The number of nitrogens with zero attached hydrogens (tertiary/aromatic N) is 7. The van der Waals surface area contributed by atoms with E-state index in [0.717, 1.165) is 32.7 Å². The second kappa shape index (κ2) is 21.1. The number of nitrogens with one attached hydrogen (secondary N) is 1. The summed E-state index contributed by atoms with van der Waals surface area (Å²) in [6.45, 7) is 9.94. The van der Waals surface area contributed by atoms with E-state index in [1.807, 2.05) is 43.3 Å². The van der Waals surface area contributed by atoms with E-state index >= 15 is 0 Å². The zero-order chi connectivity index (χ0) is 48.0. The van der Waals surface area contributed by atoms with Gasteiger partial charge in [-0.25, -0.2) is 32.0 Å². The average Bonchev–Trinajstić information content (AvgIpc) is 3.73. The van der Waals surface area contributed by atoms with E-state index in [0.29, 0.717) is 84.9 Å². The lowest BCUT2D eigenvalue weighted by atomic mass is 9.94. The number of halogens is 2. The van der Waals surface area contributed by atoms with Crippen molar-refractivity contribution in [3.63, 3.8) is 0 Å². The maximum absolute atomic E-state index is 14.3. The van der Waals surface area contributed by atoms with Crippen LogP contribution in [0.2, 0.25) is 5.02 Å². The van der Waals surface area contributed by atoms with Crippen molar-refractivity contribution in [2.24, 2.45) is 0 Å². The highest BCUT2D eigenvalue weighted by molar-refractivity contribution is 7.90. The van der Waals surface area contributed by atoms with Crippen LogP contribution in [-0.4, -0.2) is 114 Å². The largest absolute Gasteiger partial charge is 0.496 e. The van der Waals surface area contributed by atoms with Crippen LogP contribution in [0.4, 0.5) is 4.39 Å². The fourth-order valence-electron chi connectivity index (χ4n) is 7.84. The lowest BCUT2D eigenvalue weighted by Crippen LogP contribution is -2.45. The number of amides is 1. The first-order valence-corrected chi connectivity index (χ1v) is 24.1. The molecule has 0 spiro atoms. The van der Waals surface area contributed by atoms with Gasteiger partial charge >= 0.3 is 0 Å². The van der Waals surface area contributed by atoms with Crippen LogP contribution < -0.4 is 23.7 Å². The zero-order valence-electron chi connectivity index (χ0n) is 38.4. The summed E-state index contributed by atoms with van der Waals surface area (Å²) in [5.41, 5.74) is 5.38. The van der Waals surface area contributed by atoms with Crippen molar-refractivity contribution in [3.8, 4) is 56.8 Å². The Bertz CT molecular complexity index is 3020. The van der Waals surface area contributed by atoms with Crippen molar-refractivity contribution in [2.75, 3.05) is 53.5 Å². The molecule has 0 bridgehead atoms. The molecule has 4 heterocycles. The molecule has 1 aliphatic heterocycles. The number of hydrogen-bond donors (Lipinski definition) is 1. The molecule has 1 atom stereocenters. The Balaban J connectivity index is 1.14. The summed E-state index contributed by atoms with van der Waals surface area (Å²) >= 11 is 7.10. The Kier molecular flexibility index (Phi) is 14.8. The molecule has 1 N–H and O–H groups in total. The number of piperazine rings is 1. The number of methoxy groups -OCH3 is 1. The molecule has 68 heavy (non-hydrogen) atoms. The van der Waals surface area contributed by atoms with Gasteiger partial charge in [-0.2, -0.15) is 10.1 Å². The second-order valence-electron chi connectivity index (χ2n) is 16.7. The van der Waals surface area contributed by atoms with Crippen LogP contribution in [0.5, 0.6) is 23.1 Å². The summed E-state index contributed by atoms with van der Waals surface area (Å²) in [4.78, 5) is 32.6. The Morgan fingerprint density at radius 1 is 0.868 bits per heavy atom. The van der Waals surface area contributed by atoms with Gasteiger partial charge in [0.25, 0.3) is 5.91 Å². The first-order valence-electron chi connectivity index (χ1n) is 22.1. The van der Waals surface area contributed by atoms with Gasteiger partial charge in [0, 0.05) is 62.7 Å². The van der Waals surface area contributed by atoms with Gasteiger partial charge in [0.2, 0.25) is 15.9 Å². The van der Waals surface area contributed by atoms with Gasteiger partial charge in [-0.3, -0.25) is 9.69 Å². The number of ether oxygens (including phenoxy) is 4. The smallest absolute Gasteiger partial charge is 0.274 e. The van der Waals surface area contributed by atoms with E-state index in [-0.39, 0.29) is 18.9 Å². The number of carbonyl (C=O) groups is 1. The SMILES string of the molecule is COc1ccccc1-c1nccc(COc2ccccc2CC(Oc2ncnn3cc(-c4ccc(F)cc4)c(-c4ccc(OCCN5CCN(C)CC5)c(Cl)c4C)c23)C(=O)NS(=O)(=O)C(C)C)n1. The molecule has 0 saturated carbocycles. The van der Waals surface area contributed by atoms with Gasteiger partial charge in [0.05, 0.1) is 28.6 Å². The van der Waals surface area contributed by atoms with Gasteiger partial charge in [-0.1, -0.05) is 60.1 Å². The Morgan fingerprint density at radius 3 is 2.35 bits per heavy atom. The Hall–Kier alpha value is -6.66. The van der Waals surface area contributed by atoms with Gasteiger partial charge in [-0.15, -0.1) is 0 Å². The van der Waals surface area contributed by atoms with Crippen molar-refractivity contribution in [1.82, 2.24) is 39.1 Å². The minimum Gasteiger partial charge on any atom is -0.496 e. The van der Waals surface area contributed by atoms with Gasteiger partial charge in [0.1, 0.15) is 48.1 Å². The highest BCUT2D eigenvalue weighted by Gasteiger charge is 2.31. The molecule has 0 aliphatic carbocycles. The molecule has 1 saturated heterocycles. The van der Waals surface area contributed by atoms with Crippen molar-refractivity contribution in [3.05, 3.63) is 137 Å². The van der Waals surface area contributed by atoms with Crippen LogP contribution in [0.3, 0.4) is 0 Å². The van der Waals surface area contributed by atoms with E-state index in [4.69, 9.17) is 35.5 Å². The molecule has 8 rings (SSSR count). The number of aromatic nitrogens is 5. The molecule has 1 amide bonds. The summed E-state index contributed by atoms with van der Waals surface area (Å²) in [5, 5.41) is 4.00. The molecule has 15 nitrogen and oxygen atoms in total. The summed E-state index contributed by atoms with van der Waals surface area (Å²) in [6.07, 6.45) is 3.05. The van der Waals surface area contributed by atoms with Crippen molar-refractivity contribution in [1.29, 1.82) is 0 Å². The molecule has 1 aliphatic rings. The molecule has 1 fully saturated rings. The Labute approximate surface area is 399 Å². The quantitative estimate of drug-likeness (QED) is 0.0893. The molecule has 1 unspecified atom stereocenters. The number of fused-ring (bicyclic) bond motifs is 1. The van der Waals surface area contributed by atoms with Crippen LogP contribution in [0.1, 0.15) is 30.7 Å². The molecular weight excluding hydrogens is 911 g/mol. The number of hydrogen-bond acceptors (Lipinski definition) is 13. The molecule has 7 aromatic rings. The lowest BCUT2D eigenvalue weighted by Gasteiger charge is -2.32. The minimum atomic E-state index is -4.11. The van der Waals surface area contributed by atoms with Gasteiger partial charge in [0.15, 0.2) is 11.9 Å². The second-order valence-corrected chi connectivity index (χ2v) is 19.3. The average molecular weight is 964 g/mol. The minimum absolute atomic E-state index is 0.0308. The summed E-state index contributed by atoms with van der Waals surface area (Å²) in [5.74, 6) is 0.628. The third-order valence-corrected chi connectivity index (χ3v) is 14.0. The van der Waals surface area contributed by atoms with E-state index in [1.54, 1.807) is 66.5 Å². The zero-order valence-corrected chi connectivity index (χ0v) is 39.9. The van der Waals surface area contributed by atoms with Crippen LogP contribution in [0, 0.1) is 12.7 Å². The van der Waals surface area contributed by atoms with Crippen molar-refractivity contribution < 1.29 is 36.6 Å². The third kappa shape index (κ3) is 10.9. The van der Waals surface area contributed by atoms with Crippen LogP contribution >= 0.6 is 11.6 Å². The van der Waals surface area contributed by atoms with E-state index in [9.17, 15) is 17.6 Å². The standard InChI is InChI=1S/C50H52ClFN8O7S/c1-32(2)68(62,63)57-49(61)44(28-35-10-6-8-12-41(35)66-30-37-20-21-53-48(56-37)39-11-7-9-13-42(39)64-5)67-50-47-45(40(29-60(47)55-31-54-50)34-14-16-36(52)17-15-34)38-18-19-43(46(51)33(38)3)65-27-26-59-24-22-58(4)23-25-59/h6-21,29,31-32,44H,22-28,30H2,1-5H3,(H,57,61). The fourth-order valence-corrected chi connectivity index (χ4v) is 8.70. The monoisotopic (exact) mass is 962 g/mol. The van der Waals surface area contributed by atoms with E-state index < -0.39 is 33.1 Å². The van der Waals surface area contributed by atoms with Gasteiger partial charge in [-0.05, 0) is 92.5 Å². The third-order valence-electron chi connectivity index (χ3n) is 11.8. The lowest BCUT2D eigenvalue weighted by molar-refractivity contribution is -0.126. The molecule has 18 heteroatoms. The van der Waals surface area contributed by atoms with E-state index in [2.05, 4.69) is 36.6 Å². The number of para-hydroxylation sites is 2. The highest BCUT2D eigenvalue weighted by atomic mass is 35.5. The topological polar surface area (TPSA) is 163 Å². The van der Waals surface area contributed by atoms with Crippen LogP contribution in [0.25, 0.3) is 39.2 Å². The molecule has 3 aromatic heterocycles. The van der Waals surface area contributed by atoms with Crippen molar-refractivity contribution >= 4 is 33.0 Å². The summed E-state index contributed by atoms with van der Waals surface area (Å²) in [6, 6.07) is 26.0. The Morgan fingerprint density at radius 2 is 1.60 bits per heavy atom. The first-order chi connectivity index (χ1) is 32.8. The predicted molar refractivity (Wildman–Crippen MR) is 258 cm³/mol. The van der Waals surface area contributed by atoms with Crippen molar-refractivity contribution in [2.45, 2.75) is 45.2 Å². The number of rotatable bonds is 18. The first kappa shape index (κ1) is 47.8. The van der Waals surface area contributed by atoms with Gasteiger partial charge < -0.3 is 23.8 Å². The number of benzene rings is 4. The molecule has 0 radical (unpaired) electrons. The summed E-state index contributed by atoms with van der Waals surface area (Å²) in [7, 11) is -0.412. The normalized spacial score (nSPS) is 13.9. The number of sulfonamides is 1. The maximum atomic E-state index is 14.3. The number of likely N-dealkylation sites (N-methyl/N-ethyl adjacent to an activating group) is 1.